The molecule has 1 amide bonds. The van der Waals surface area contributed by atoms with Crippen LogP contribution in [-0.4, -0.2) is 38.4 Å². The molecular formula is C18H21N5O. The van der Waals surface area contributed by atoms with E-state index in [2.05, 4.69) is 23.2 Å². The number of amides is 1. The summed E-state index contributed by atoms with van der Waals surface area (Å²) < 4.78 is 0. The number of benzene rings is 1. The van der Waals surface area contributed by atoms with Crippen LogP contribution in [0.25, 0.3) is 5.69 Å². The van der Waals surface area contributed by atoms with E-state index in [1.165, 1.54) is 4.80 Å². The number of nitrogens with zero attached hydrogens (tertiary/aromatic N) is 5. The molecule has 6 heteroatoms. The van der Waals surface area contributed by atoms with Crippen molar-refractivity contribution < 1.29 is 4.79 Å². The van der Waals surface area contributed by atoms with Crippen molar-refractivity contribution in [1.82, 2.24) is 19.9 Å². The van der Waals surface area contributed by atoms with Crippen molar-refractivity contribution in [3.8, 4) is 11.8 Å². The van der Waals surface area contributed by atoms with Crippen molar-refractivity contribution in [2.24, 2.45) is 5.92 Å². The predicted octanol–water partition coefficient (Wildman–Crippen LogP) is 2.73. The molecule has 24 heavy (non-hydrogen) atoms. The molecule has 6 nitrogen and oxygen atoms in total. The van der Waals surface area contributed by atoms with E-state index in [9.17, 15) is 4.79 Å². The van der Waals surface area contributed by atoms with Crippen LogP contribution in [0.5, 0.6) is 0 Å². The zero-order chi connectivity index (χ0) is 17.1. The van der Waals surface area contributed by atoms with Gasteiger partial charge in [-0.15, -0.1) is 0 Å². The van der Waals surface area contributed by atoms with Gasteiger partial charge in [0.05, 0.1) is 29.7 Å². The summed E-state index contributed by atoms with van der Waals surface area (Å²) in [6, 6.07) is 8.13. The highest BCUT2D eigenvalue weighted by Gasteiger charge is 2.31. The molecule has 0 N–H and O–H groups in total. The molecule has 0 aliphatic carbocycles. The number of rotatable bonds is 3. The third-order valence-electron chi connectivity index (χ3n) is 4.64. The fourth-order valence-corrected chi connectivity index (χ4v) is 3.25. The Labute approximate surface area is 141 Å². The molecule has 2 atom stereocenters. The summed E-state index contributed by atoms with van der Waals surface area (Å²) in [6.45, 7) is 4.67. The Balaban J connectivity index is 1.94. The molecular weight excluding hydrogens is 302 g/mol. The van der Waals surface area contributed by atoms with Crippen molar-refractivity contribution >= 4 is 5.91 Å². The molecule has 1 fully saturated rings. The Morgan fingerprint density at radius 3 is 2.79 bits per heavy atom. The fourth-order valence-electron chi connectivity index (χ4n) is 3.25. The number of nitriles is 1. The van der Waals surface area contributed by atoms with Crippen LogP contribution in [0, 0.1) is 24.2 Å². The zero-order valence-corrected chi connectivity index (χ0v) is 14.0. The number of piperidine rings is 1. The van der Waals surface area contributed by atoms with Crippen molar-refractivity contribution in [2.75, 3.05) is 6.54 Å². The maximum absolute atomic E-state index is 13.2. The molecule has 0 saturated carbocycles. The van der Waals surface area contributed by atoms with Crippen LogP contribution in [0.4, 0.5) is 0 Å². The number of aromatic nitrogens is 3. The van der Waals surface area contributed by atoms with E-state index in [4.69, 9.17) is 5.26 Å². The van der Waals surface area contributed by atoms with Gasteiger partial charge >= 0.3 is 0 Å². The second kappa shape index (κ2) is 6.83. The summed E-state index contributed by atoms with van der Waals surface area (Å²) >= 11 is 0. The van der Waals surface area contributed by atoms with Gasteiger partial charge in [-0.2, -0.15) is 20.3 Å². The Morgan fingerprint density at radius 2 is 2.08 bits per heavy atom. The molecule has 0 spiro atoms. The van der Waals surface area contributed by atoms with E-state index in [1.54, 1.807) is 12.4 Å². The summed E-state index contributed by atoms with van der Waals surface area (Å²) in [5.41, 5.74) is 2.31. The molecule has 0 radical (unpaired) electrons. The largest absolute Gasteiger partial charge is 0.336 e. The first kappa shape index (κ1) is 16.2. The molecule has 0 unspecified atom stereocenters. The highest BCUT2D eigenvalue weighted by molar-refractivity contribution is 5.98. The summed E-state index contributed by atoms with van der Waals surface area (Å²) in [7, 11) is 0. The minimum atomic E-state index is -0.0128. The second-order valence-electron chi connectivity index (χ2n) is 6.45. The van der Waals surface area contributed by atoms with Gasteiger partial charge in [0, 0.05) is 19.0 Å². The van der Waals surface area contributed by atoms with Gasteiger partial charge in [-0.1, -0.05) is 11.6 Å². The number of carbonyl (C=O) groups excluding carboxylic acids is 1. The SMILES string of the molecule is Cc1ccc(-n2nccn2)c(C(=O)N2C[C@H](CC#N)CC[C@H]2C)c1. The molecule has 3 rings (SSSR count). The summed E-state index contributed by atoms with van der Waals surface area (Å²) in [5, 5.41) is 17.3. The number of aryl methyl sites for hydroxylation is 1. The van der Waals surface area contributed by atoms with E-state index in [-0.39, 0.29) is 17.9 Å². The molecule has 1 aromatic heterocycles. The molecule has 1 saturated heterocycles. The van der Waals surface area contributed by atoms with Crippen molar-refractivity contribution in [2.45, 2.75) is 39.2 Å². The molecule has 1 aromatic carbocycles. The number of carbonyl (C=O) groups is 1. The monoisotopic (exact) mass is 323 g/mol. The average molecular weight is 323 g/mol. The quantitative estimate of drug-likeness (QED) is 0.870. The van der Waals surface area contributed by atoms with Crippen LogP contribution in [0.3, 0.4) is 0 Å². The third-order valence-corrected chi connectivity index (χ3v) is 4.64. The van der Waals surface area contributed by atoms with Crippen molar-refractivity contribution in [3.63, 3.8) is 0 Å². The average Bonchev–Trinajstić information content (AvgIpc) is 3.10. The third kappa shape index (κ3) is 3.16. The standard InChI is InChI=1S/C18H21N5O/c1-13-3-6-17(23-20-9-10-21-23)16(11-13)18(24)22-12-15(7-8-19)5-4-14(22)2/h3,6,9-11,14-15H,4-5,7,12H2,1-2H3/t14-,15+/m1/s1. The van der Waals surface area contributed by atoms with Gasteiger partial charge in [-0.3, -0.25) is 4.79 Å². The second-order valence-corrected chi connectivity index (χ2v) is 6.45. The van der Waals surface area contributed by atoms with Crippen LogP contribution in [0.2, 0.25) is 0 Å². The minimum Gasteiger partial charge on any atom is -0.336 e. The van der Waals surface area contributed by atoms with E-state index in [0.717, 1.165) is 18.4 Å². The predicted molar refractivity (Wildman–Crippen MR) is 89.5 cm³/mol. The first-order valence-corrected chi connectivity index (χ1v) is 8.25. The summed E-state index contributed by atoms with van der Waals surface area (Å²) in [6.07, 6.45) is 5.62. The first-order valence-electron chi connectivity index (χ1n) is 8.25. The van der Waals surface area contributed by atoms with Crippen LogP contribution in [-0.2, 0) is 0 Å². The van der Waals surface area contributed by atoms with Crippen molar-refractivity contribution in [3.05, 3.63) is 41.7 Å². The lowest BCUT2D eigenvalue weighted by atomic mass is 9.90. The molecule has 0 bridgehead atoms. The fraction of sp³-hybridized carbons (Fsp3) is 0.444. The van der Waals surface area contributed by atoms with E-state index in [1.807, 2.05) is 30.0 Å². The lowest BCUT2D eigenvalue weighted by Gasteiger charge is -2.37. The Hall–Kier alpha value is -2.68. The first-order chi connectivity index (χ1) is 11.6. The highest BCUT2D eigenvalue weighted by Crippen LogP contribution is 2.27. The summed E-state index contributed by atoms with van der Waals surface area (Å²) in [5.74, 6) is 0.243. The molecule has 1 aliphatic rings. The van der Waals surface area contributed by atoms with Gasteiger partial charge in [-0.05, 0) is 44.7 Å². The van der Waals surface area contributed by atoms with Crippen LogP contribution in [0.1, 0.15) is 42.1 Å². The van der Waals surface area contributed by atoms with E-state index in [0.29, 0.717) is 24.2 Å². The number of hydrogen-bond donors (Lipinski definition) is 0. The minimum absolute atomic E-state index is 0.0128. The zero-order valence-electron chi connectivity index (χ0n) is 14.0. The molecule has 2 aromatic rings. The molecule has 1 aliphatic heterocycles. The molecule has 124 valence electrons. The van der Waals surface area contributed by atoms with E-state index < -0.39 is 0 Å². The van der Waals surface area contributed by atoms with E-state index >= 15 is 0 Å². The normalized spacial score (nSPS) is 20.6. The van der Waals surface area contributed by atoms with Crippen LogP contribution >= 0.6 is 0 Å². The van der Waals surface area contributed by atoms with Gasteiger partial charge in [0.2, 0.25) is 0 Å². The number of likely N-dealkylation sites (tertiary alicyclic amines) is 1. The molecule has 2 heterocycles. The van der Waals surface area contributed by atoms with Crippen LogP contribution < -0.4 is 0 Å². The smallest absolute Gasteiger partial charge is 0.256 e. The lowest BCUT2D eigenvalue weighted by molar-refractivity contribution is 0.0563. The van der Waals surface area contributed by atoms with Crippen molar-refractivity contribution in [1.29, 1.82) is 5.26 Å². The van der Waals surface area contributed by atoms with Gasteiger partial charge in [0.25, 0.3) is 5.91 Å². The Bertz CT molecular complexity index is 762. The van der Waals surface area contributed by atoms with Gasteiger partial charge in [0.1, 0.15) is 0 Å². The lowest BCUT2D eigenvalue weighted by Crippen LogP contribution is -2.45. The Kier molecular flexibility index (Phi) is 4.61. The van der Waals surface area contributed by atoms with Gasteiger partial charge < -0.3 is 4.90 Å². The Morgan fingerprint density at radius 1 is 1.33 bits per heavy atom. The summed E-state index contributed by atoms with van der Waals surface area (Å²) in [4.78, 5) is 16.6. The number of hydrogen-bond acceptors (Lipinski definition) is 4. The highest BCUT2D eigenvalue weighted by atomic mass is 16.2. The van der Waals surface area contributed by atoms with Gasteiger partial charge in [0.15, 0.2) is 0 Å². The maximum Gasteiger partial charge on any atom is 0.256 e. The van der Waals surface area contributed by atoms with Gasteiger partial charge in [-0.25, -0.2) is 0 Å². The topological polar surface area (TPSA) is 74.8 Å². The van der Waals surface area contributed by atoms with Crippen LogP contribution in [0.15, 0.2) is 30.6 Å². The maximum atomic E-state index is 13.2.